The predicted molar refractivity (Wildman–Crippen MR) is 72.2 cm³/mol. The summed E-state index contributed by atoms with van der Waals surface area (Å²) in [4.78, 5) is 18.4. The summed E-state index contributed by atoms with van der Waals surface area (Å²) in [6.45, 7) is 0.774. The molecular weight excluding hydrogens is 242 g/mol. The number of rotatable bonds is 6. The quantitative estimate of drug-likeness (QED) is 0.776. The molecule has 1 aromatic heterocycles. The van der Waals surface area contributed by atoms with Gasteiger partial charge in [-0.05, 0) is 18.4 Å². The molecule has 0 unspecified atom stereocenters. The lowest BCUT2D eigenvalue weighted by Crippen LogP contribution is -2.07. The summed E-state index contributed by atoms with van der Waals surface area (Å²) in [5.74, 6) is -0.471. The van der Waals surface area contributed by atoms with Crippen LogP contribution in [0.2, 0.25) is 0 Å². The van der Waals surface area contributed by atoms with Crippen LogP contribution in [-0.4, -0.2) is 27.6 Å². The van der Waals surface area contributed by atoms with Crippen LogP contribution in [0, 0.1) is 0 Å². The average Bonchev–Trinajstić information content (AvgIpc) is 2.45. The first-order chi connectivity index (χ1) is 9.25. The van der Waals surface area contributed by atoms with Gasteiger partial charge in [0.1, 0.15) is 5.82 Å². The summed E-state index contributed by atoms with van der Waals surface area (Å²) in [6.07, 6.45) is 4.66. The van der Waals surface area contributed by atoms with E-state index in [2.05, 4.69) is 27.4 Å². The molecule has 0 amide bonds. The molecule has 0 spiro atoms. The normalized spacial score (nSPS) is 10.1. The molecule has 19 heavy (non-hydrogen) atoms. The summed E-state index contributed by atoms with van der Waals surface area (Å²) in [6, 6.07) is 10.3. The van der Waals surface area contributed by atoms with Gasteiger partial charge in [0.15, 0.2) is 5.69 Å². The second-order valence-electron chi connectivity index (χ2n) is 4.11. The topological polar surface area (TPSA) is 75.1 Å². The molecule has 2 N–H and O–H groups in total. The summed E-state index contributed by atoms with van der Waals surface area (Å²) in [5.41, 5.74) is 1.26. The Kier molecular flexibility index (Phi) is 4.44. The molecule has 1 heterocycles. The van der Waals surface area contributed by atoms with Gasteiger partial charge in [0.05, 0.1) is 12.4 Å². The molecule has 0 aliphatic carbocycles. The molecule has 2 rings (SSSR count). The van der Waals surface area contributed by atoms with Gasteiger partial charge in [-0.1, -0.05) is 30.3 Å². The molecule has 0 aliphatic heterocycles. The van der Waals surface area contributed by atoms with Crippen LogP contribution in [0.1, 0.15) is 22.5 Å². The standard InChI is InChI=1S/C14H15N3O2/c18-14(19)12-9-17-13(10-16-12)15-8-4-7-11-5-2-1-3-6-11/h1-3,5-6,9-10H,4,7-8H2,(H,15,17)(H,18,19). The van der Waals surface area contributed by atoms with Crippen molar-refractivity contribution in [2.75, 3.05) is 11.9 Å². The van der Waals surface area contributed by atoms with E-state index in [0.717, 1.165) is 19.4 Å². The van der Waals surface area contributed by atoms with E-state index < -0.39 is 5.97 Å². The van der Waals surface area contributed by atoms with E-state index in [4.69, 9.17) is 5.11 Å². The third-order valence-corrected chi connectivity index (χ3v) is 2.66. The van der Waals surface area contributed by atoms with E-state index in [1.807, 2.05) is 18.2 Å². The lowest BCUT2D eigenvalue weighted by atomic mass is 10.1. The molecule has 1 aromatic carbocycles. The minimum atomic E-state index is -1.07. The number of carbonyl (C=O) groups is 1. The van der Waals surface area contributed by atoms with Crippen LogP contribution in [0.4, 0.5) is 5.82 Å². The van der Waals surface area contributed by atoms with Gasteiger partial charge in [0.2, 0.25) is 0 Å². The van der Waals surface area contributed by atoms with Crippen LogP contribution >= 0.6 is 0 Å². The minimum absolute atomic E-state index is 0.0464. The number of aryl methyl sites for hydroxylation is 1. The number of benzene rings is 1. The molecule has 0 saturated heterocycles. The fourth-order valence-electron chi connectivity index (χ4n) is 1.68. The maximum Gasteiger partial charge on any atom is 0.356 e. The van der Waals surface area contributed by atoms with Crippen LogP contribution in [0.5, 0.6) is 0 Å². The van der Waals surface area contributed by atoms with Gasteiger partial charge >= 0.3 is 5.97 Å². The Bertz CT molecular complexity index is 526. The lowest BCUT2D eigenvalue weighted by molar-refractivity contribution is 0.0690. The molecule has 2 aromatic rings. The van der Waals surface area contributed by atoms with Crippen molar-refractivity contribution < 1.29 is 9.90 Å². The van der Waals surface area contributed by atoms with Gasteiger partial charge in [-0.15, -0.1) is 0 Å². The Hall–Kier alpha value is -2.43. The van der Waals surface area contributed by atoms with Crippen molar-refractivity contribution in [3.05, 3.63) is 54.0 Å². The summed E-state index contributed by atoms with van der Waals surface area (Å²) in [5, 5.41) is 11.8. The first-order valence-electron chi connectivity index (χ1n) is 6.09. The molecular formula is C14H15N3O2. The van der Waals surface area contributed by atoms with Gasteiger partial charge in [-0.3, -0.25) is 0 Å². The molecule has 0 radical (unpaired) electrons. The molecule has 98 valence electrons. The van der Waals surface area contributed by atoms with Crippen molar-refractivity contribution in [3.63, 3.8) is 0 Å². The van der Waals surface area contributed by atoms with Crippen LogP contribution in [0.15, 0.2) is 42.7 Å². The van der Waals surface area contributed by atoms with E-state index >= 15 is 0 Å². The van der Waals surface area contributed by atoms with E-state index in [1.54, 1.807) is 0 Å². The molecule has 0 saturated carbocycles. The maximum atomic E-state index is 10.6. The van der Waals surface area contributed by atoms with Gasteiger partial charge in [0, 0.05) is 6.54 Å². The first-order valence-corrected chi connectivity index (χ1v) is 6.09. The van der Waals surface area contributed by atoms with Gasteiger partial charge in [0.25, 0.3) is 0 Å². The second-order valence-corrected chi connectivity index (χ2v) is 4.11. The third-order valence-electron chi connectivity index (χ3n) is 2.66. The number of aromatic nitrogens is 2. The Labute approximate surface area is 111 Å². The predicted octanol–water partition coefficient (Wildman–Crippen LogP) is 2.22. The fourth-order valence-corrected chi connectivity index (χ4v) is 1.68. The highest BCUT2D eigenvalue weighted by Gasteiger charge is 2.04. The molecule has 5 heteroatoms. The Morgan fingerprint density at radius 1 is 1.16 bits per heavy atom. The number of carboxylic acids is 1. The number of aromatic carboxylic acids is 1. The minimum Gasteiger partial charge on any atom is -0.476 e. The Morgan fingerprint density at radius 2 is 1.95 bits per heavy atom. The third kappa shape index (κ3) is 4.06. The Balaban J connectivity index is 1.75. The highest BCUT2D eigenvalue weighted by molar-refractivity contribution is 5.84. The maximum absolute atomic E-state index is 10.6. The molecule has 0 atom stereocenters. The number of hydrogen-bond donors (Lipinski definition) is 2. The van der Waals surface area contributed by atoms with Crippen LogP contribution in [0.25, 0.3) is 0 Å². The van der Waals surface area contributed by atoms with Crippen molar-refractivity contribution in [2.24, 2.45) is 0 Å². The SMILES string of the molecule is O=C(O)c1cnc(NCCCc2ccccc2)cn1. The highest BCUT2D eigenvalue weighted by atomic mass is 16.4. The molecule has 5 nitrogen and oxygen atoms in total. The first kappa shape index (κ1) is 13.0. The second kappa shape index (κ2) is 6.49. The average molecular weight is 257 g/mol. The van der Waals surface area contributed by atoms with Crippen molar-refractivity contribution in [1.29, 1.82) is 0 Å². The zero-order valence-corrected chi connectivity index (χ0v) is 10.4. The summed E-state index contributed by atoms with van der Waals surface area (Å²) < 4.78 is 0. The van der Waals surface area contributed by atoms with E-state index in [9.17, 15) is 4.79 Å². The van der Waals surface area contributed by atoms with Crippen molar-refractivity contribution in [1.82, 2.24) is 9.97 Å². The van der Waals surface area contributed by atoms with Crippen LogP contribution in [-0.2, 0) is 6.42 Å². The number of carboxylic acid groups (broad SMARTS) is 1. The molecule has 0 fully saturated rings. The van der Waals surface area contributed by atoms with Crippen molar-refractivity contribution in [2.45, 2.75) is 12.8 Å². The van der Waals surface area contributed by atoms with E-state index in [0.29, 0.717) is 5.82 Å². The summed E-state index contributed by atoms with van der Waals surface area (Å²) in [7, 11) is 0. The number of anilines is 1. The van der Waals surface area contributed by atoms with Gasteiger partial charge < -0.3 is 10.4 Å². The molecule has 0 bridgehead atoms. The highest BCUT2D eigenvalue weighted by Crippen LogP contribution is 2.04. The molecule has 0 aliphatic rings. The zero-order chi connectivity index (χ0) is 13.5. The monoisotopic (exact) mass is 257 g/mol. The van der Waals surface area contributed by atoms with Crippen molar-refractivity contribution >= 4 is 11.8 Å². The number of nitrogens with zero attached hydrogens (tertiary/aromatic N) is 2. The van der Waals surface area contributed by atoms with E-state index in [1.165, 1.54) is 18.0 Å². The smallest absolute Gasteiger partial charge is 0.356 e. The number of hydrogen-bond acceptors (Lipinski definition) is 4. The van der Waals surface area contributed by atoms with E-state index in [-0.39, 0.29) is 5.69 Å². The zero-order valence-electron chi connectivity index (χ0n) is 10.4. The Morgan fingerprint density at radius 3 is 2.58 bits per heavy atom. The fraction of sp³-hybridized carbons (Fsp3) is 0.214. The summed E-state index contributed by atoms with van der Waals surface area (Å²) >= 11 is 0. The lowest BCUT2D eigenvalue weighted by Gasteiger charge is -2.05. The number of nitrogens with one attached hydrogen (secondary N) is 1. The largest absolute Gasteiger partial charge is 0.476 e. The van der Waals surface area contributed by atoms with Crippen molar-refractivity contribution in [3.8, 4) is 0 Å². The van der Waals surface area contributed by atoms with Crippen LogP contribution < -0.4 is 5.32 Å². The van der Waals surface area contributed by atoms with Gasteiger partial charge in [-0.2, -0.15) is 0 Å². The van der Waals surface area contributed by atoms with Crippen LogP contribution in [0.3, 0.4) is 0 Å². The van der Waals surface area contributed by atoms with Gasteiger partial charge in [-0.25, -0.2) is 14.8 Å².